The molecule has 1 aromatic carbocycles. The number of hydrogen-bond acceptors (Lipinski definition) is 5. The SMILES string of the molecule is Cc1cnc(CNS(=O)(=O)c2ccc(C(=O)O)c(Cl)c2)s1. The highest BCUT2D eigenvalue weighted by molar-refractivity contribution is 7.89. The molecule has 0 spiro atoms. The van der Waals surface area contributed by atoms with Crippen molar-refractivity contribution in [3.63, 3.8) is 0 Å². The maximum absolute atomic E-state index is 12.1. The third-order valence-corrected chi connectivity index (χ3v) is 5.19. The third kappa shape index (κ3) is 3.79. The number of aromatic carboxylic acids is 1. The Balaban J connectivity index is 2.19. The van der Waals surface area contributed by atoms with Crippen molar-refractivity contribution < 1.29 is 18.3 Å². The lowest BCUT2D eigenvalue weighted by Gasteiger charge is -2.07. The van der Waals surface area contributed by atoms with E-state index in [9.17, 15) is 13.2 Å². The van der Waals surface area contributed by atoms with Crippen LogP contribution in [0.5, 0.6) is 0 Å². The lowest BCUT2D eigenvalue weighted by Crippen LogP contribution is -2.23. The summed E-state index contributed by atoms with van der Waals surface area (Å²) in [6.45, 7) is 1.94. The van der Waals surface area contributed by atoms with Crippen LogP contribution in [0.15, 0.2) is 29.3 Å². The summed E-state index contributed by atoms with van der Waals surface area (Å²) in [5.74, 6) is -1.21. The topological polar surface area (TPSA) is 96.4 Å². The Morgan fingerprint density at radius 3 is 2.71 bits per heavy atom. The third-order valence-electron chi connectivity index (χ3n) is 2.56. The highest BCUT2D eigenvalue weighted by atomic mass is 35.5. The number of carboxylic acid groups (broad SMARTS) is 1. The van der Waals surface area contributed by atoms with E-state index in [-0.39, 0.29) is 22.0 Å². The molecule has 9 heteroatoms. The summed E-state index contributed by atoms with van der Waals surface area (Å²) < 4.78 is 26.6. The van der Waals surface area contributed by atoms with Gasteiger partial charge in [-0.1, -0.05) is 11.6 Å². The summed E-state index contributed by atoms with van der Waals surface area (Å²) in [6, 6.07) is 3.47. The smallest absolute Gasteiger partial charge is 0.337 e. The number of nitrogens with one attached hydrogen (secondary N) is 1. The highest BCUT2D eigenvalue weighted by Crippen LogP contribution is 2.21. The van der Waals surface area contributed by atoms with Crippen LogP contribution in [-0.4, -0.2) is 24.5 Å². The molecule has 0 amide bonds. The Bertz CT molecular complexity index is 786. The predicted molar refractivity (Wildman–Crippen MR) is 79.3 cm³/mol. The van der Waals surface area contributed by atoms with Crippen molar-refractivity contribution >= 4 is 38.9 Å². The number of carboxylic acids is 1. The normalized spacial score (nSPS) is 11.5. The quantitative estimate of drug-likeness (QED) is 0.865. The molecule has 0 atom stereocenters. The van der Waals surface area contributed by atoms with Crippen LogP contribution in [0, 0.1) is 6.92 Å². The summed E-state index contributed by atoms with van der Waals surface area (Å²) >= 11 is 7.16. The molecule has 112 valence electrons. The van der Waals surface area contributed by atoms with E-state index in [1.54, 1.807) is 6.20 Å². The van der Waals surface area contributed by atoms with Crippen molar-refractivity contribution in [2.45, 2.75) is 18.4 Å². The number of benzene rings is 1. The van der Waals surface area contributed by atoms with Crippen molar-refractivity contribution in [2.75, 3.05) is 0 Å². The number of halogens is 1. The minimum atomic E-state index is -3.77. The molecule has 1 aromatic heterocycles. The van der Waals surface area contributed by atoms with E-state index >= 15 is 0 Å². The summed E-state index contributed by atoms with van der Waals surface area (Å²) in [4.78, 5) is 15.8. The molecule has 2 N–H and O–H groups in total. The van der Waals surface area contributed by atoms with Gasteiger partial charge in [-0.25, -0.2) is 22.9 Å². The molecular formula is C12H11ClN2O4S2. The number of nitrogens with zero attached hydrogens (tertiary/aromatic N) is 1. The average Bonchev–Trinajstić information content (AvgIpc) is 2.82. The minimum Gasteiger partial charge on any atom is -0.478 e. The Kier molecular flexibility index (Phi) is 4.62. The van der Waals surface area contributed by atoms with Crippen LogP contribution in [0.4, 0.5) is 0 Å². The number of sulfonamides is 1. The van der Waals surface area contributed by atoms with Crippen LogP contribution >= 0.6 is 22.9 Å². The van der Waals surface area contributed by atoms with Gasteiger partial charge in [-0.05, 0) is 25.1 Å². The van der Waals surface area contributed by atoms with Crippen LogP contribution in [-0.2, 0) is 16.6 Å². The molecule has 2 rings (SSSR count). The number of hydrogen-bond donors (Lipinski definition) is 2. The fourth-order valence-electron chi connectivity index (χ4n) is 1.56. The molecule has 1 heterocycles. The van der Waals surface area contributed by atoms with Gasteiger partial charge < -0.3 is 5.11 Å². The average molecular weight is 347 g/mol. The summed E-state index contributed by atoms with van der Waals surface area (Å²) in [7, 11) is -3.77. The first-order chi connectivity index (χ1) is 9.79. The summed E-state index contributed by atoms with van der Waals surface area (Å²) in [5, 5.41) is 9.37. The molecule has 0 bridgehead atoms. The van der Waals surface area contributed by atoms with Gasteiger partial charge in [0.25, 0.3) is 0 Å². The molecule has 0 aliphatic rings. The van der Waals surface area contributed by atoms with Crippen molar-refractivity contribution in [3.05, 3.63) is 44.9 Å². The van der Waals surface area contributed by atoms with Crippen LogP contribution in [0.3, 0.4) is 0 Å². The molecule has 0 unspecified atom stereocenters. The molecule has 0 aliphatic carbocycles. The minimum absolute atomic E-state index is 0.0686. The van der Waals surface area contributed by atoms with Crippen molar-refractivity contribution in [1.82, 2.24) is 9.71 Å². The Hall–Kier alpha value is -1.48. The Morgan fingerprint density at radius 2 is 2.19 bits per heavy atom. The molecule has 6 nitrogen and oxygen atoms in total. The Labute approximate surface area is 130 Å². The van der Waals surface area contributed by atoms with Crippen LogP contribution in [0.25, 0.3) is 0 Å². The van der Waals surface area contributed by atoms with Gasteiger partial charge in [0.15, 0.2) is 0 Å². The first kappa shape index (κ1) is 15.9. The number of rotatable bonds is 5. The molecule has 2 aromatic rings. The second-order valence-electron chi connectivity index (χ2n) is 4.14. The standard InChI is InChI=1S/C12H11ClN2O4S2/c1-7-5-14-11(20-7)6-15-21(18,19)8-2-3-9(12(16)17)10(13)4-8/h2-5,15H,6H2,1H3,(H,16,17). The largest absolute Gasteiger partial charge is 0.478 e. The van der Waals surface area contributed by atoms with Crippen molar-refractivity contribution in [1.29, 1.82) is 0 Å². The zero-order chi connectivity index (χ0) is 15.6. The van der Waals surface area contributed by atoms with E-state index in [4.69, 9.17) is 16.7 Å². The van der Waals surface area contributed by atoms with E-state index in [1.165, 1.54) is 17.4 Å². The van der Waals surface area contributed by atoms with Gasteiger partial charge in [-0.15, -0.1) is 11.3 Å². The molecule has 21 heavy (non-hydrogen) atoms. The lowest BCUT2D eigenvalue weighted by molar-refractivity contribution is 0.0697. The van der Waals surface area contributed by atoms with E-state index < -0.39 is 16.0 Å². The van der Waals surface area contributed by atoms with Gasteiger partial charge >= 0.3 is 5.97 Å². The zero-order valence-electron chi connectivity index (χ0n) is 10.8. The summed E-state index contributed by atoms with van der Waals surface area (Å²) in [6.07, 6.45) is 1.66. The Morgan fingerprint density at radius 1 is 1.48 bits per heavy atom. The molecule has 0 fully saturated rings. The van der Waals surface area contributed by atoms with Gasteiger partial charge in [0.05, 0.1) is 22.0 Å². The van der Waals surface area contributed by atoms with Crippen LogP contribution in [0.2, 0.25) is 5.02 Å². The van der Waals surface area contributed by atoms with Gasteiger partial charge in [0.2, 0.25) is 10.0 Å². The van der Waals surface area contributed by atoms with E-state index in [2.05, 4.69) is 9.71 Å². The lowest BCUT2D eigenvalue weighted by atomic mass is 10.2. The van der Waals surface area contributed by atoms with Crippen LogP contribution in [0.1, 0.15) is 20.2 Å². The van der Waals surface area contributed by atoms with Gasteiger partial charge in [0.1, 0.15) is 5.01 Å². The monoisotopic (exact) mass is 346 g/mol. The first-order valence-electron chi connectivity index (χ1n) is 5.73. The van der Waals surface area contributed by atoms with E-state index in [0.29, 0.717) is 5.01 Å². The molecule has 0 saturated carbocycles. The molecule has 0 saturated heterocycles. The zero-order valence-corrected chi connectivity index (χ0v) is 13.2. The van der Waals surface area contributed by atoms with Gasteiger partial charge in [-0.2, -0.15) is 0 Å². The van der Waals surface area contributed by atoms with E-state index in [0.717, 1.165) is 17.0 Å². The molecule has 0 aliphatic heterocycles. The van der Waals surface area contributed by atoms with Crippen molar-refractivity contribution in [2.24, 2.45) is 0 Å². The second kappa shape index (κ2) is 6.10. The fraction of sp³-hybridized carbons (Fsp3) is 0.167. The number of aromatic nitrogens is 1. The van der Waals surface area contributed by atoms with E-state index in [1.807, 2.05) is 6.92 Å². The maximum Gasteiger partial charge on any atom is 0.337 e. The fourth-order valence-corrected chi connectivity index (χ4v) is 3.72. The summed E-state index contributed by atoms with van der Waals surface area (Å²) in [5.41, 5.74) is -0.147. The number of thiazole rings is 1. The highest BCUT2D eigenvalue weighted by Gasteiger charge is 2.18. The predicted octanol–water partition coefficient (Wildman–Crippen LogP) is 2.28. The van der Waals surface area contributed by atoms with Gasteiger partial charge in [-0.3, -0.25) is 0 Å². The second-order valence-corrected chi connectivity index (χ2v) is 7.63. The maximum atomic E-state index is 12.1. The van der Waals surface area contributed by atoms with Crippen LogP contribution < -0.4 is 4.72 Å². The molecular weight excluding hydrogens is 336 g/mol. The van der Waals surface area contributed by atoms with Crippen molar-refractivity contribution in [3.8, 4) is 0 Å². The number of aryl methyl sites for hydroxylation is 1. The molecule has 0 radical (unpaired) electrons. The number of carbonyl (C=O) groups is 1. The first-order valence-corrected chi connectivity index (χ1v) is 8.41. The van der Waals surface area contributed by atoms with Gasteiger partial charge in [0, 0.05) is 11.1 Å².